The number of piperazine rings is 1. The number of hydrogen-bond donors (Lipinski definition) is 1. The van der Waals surface area contributed by atoms with Crippen LogP contribution in [0.1, 0.15) is 19.8 Å². The molecule has 0 spiro atoms. The number of rotatable bonds is 3. The third kappa shape index (κ3) is 2.60. The zero-order chi connectivity index (χ0) is 10.8. The maximum Gasteiger partial charge on any atom is 0.0696 e. The topological polar surface area (TPSA) is 26.7 Å². The molecule has 1 saturated heterocycles. The lowest BCUT2D eigenvalue weighted by atomic mass is 9.87. The highest BCUT2D eigenvalue weighted by Gasteiger charge is 2.35. The predicted molar refractivity (Wildman–Crippen MR) is 61.9 cm³/mol. The molecule has 0 aromatic carbocycles. The fourth-order valence-electron chi connectivity index (χ4n) is 2.53. The molecule has 0 aromatic rings. The number of aliphatic hydroxyl groups is 1. The van der Waals surface area contributed by atoms with Gasteiger partial charge in [-0.05, 0) is 19.8 Å². The highest BCUT2D eigenvalue weighted by atomic mass is 16.3. The maximum absolute atomic E-state index is 9.60. The Bertz CT molecular complexity index is 234. The van der Waals surface area contributed by atoms with Gasteiger partial charge in [-0.2, -0.15) is 0 Å². The lowest BCUT2D eigenvalue weighted by molar-refractivity contribution is -0.0379. The van der Waals surface area contributed by atoms with E-state index in [-0.39, 0.29) is 6.10 Å². The Morgan fingerprint density at radius 2 is 1.93 bits per heavy atom. The Kier molecular flexibility index (Phi) is 3.44. The van der Waals surface area contributed by atoms with Crippen LogP contribution in [0.3, 0.4) is 0 Å². The van der Waals surface area contributed by atoms with E-state index < -0.39 is 0 Å². The summed E-state index contributed by atoms with van der Waals surface area (Å²) in [6.07, 6.45) is 2.12. The van der Waals surface area contributed by atoms with Crippen molar-refractivity contribution in [3.63, 3.8) is 0 Å². The molecule has 0 radical (unpaired) electrons. The first-order valence-electron chi connectivity index (χ1n) is 5.95. The molecule has 86 valence electrons. The Morgan fingerprint density at radius 1 is 1.27 bits per heavy atom. The van der Waals surface area contributed by atoms with E-state index in [9.17, 15) is 5.11 Å². The van der Waals surface area contributed by atoms with Gasteiger partial charge in [0.05, 0.1) is 6.10 Å². The summed E-state index contributed by atoms with van der Waals surface area (Å²) in [4.78, 5) is 4.90. The van der Waals surface area contributed by atoms with Crippen molar-refractivity contribution in [3.8, 4) is 0 Å². The van der Waals surface area contributed by atoms with Crippen molar-refractivity contribution in [2.24, 2.45) is 0 Å². The molecule has 1 aliphatic heterocycles. The average molecular weight is 210 g/mol. The lowest BCUT2D eigenvalue weighted by Gasteiger charge is -2.45. The molecule has 2 rings (SSSR count). The zero-order valence-corrected chi connectivity index (χ0v) is 9.65. The third-order valence-corrected chi connectivity index (χ3v) is 3.57. The lowest BCUT2D eigenvalue weighted by Crippen LogP contribution is -2.57. The predicted octanol–water partition coefficient (Wildman–Crippen LogP) is 0.703. The summed E-state index contributed by atoms with van der Waals surface area (Å²) in [5, 5.41) is 9.60. The van der Waals surface area contributed by atoms with E-state index in [1.807, 2.05) is 0 Å². The molecule has 1 aliphatic carbocycles. The molecule has 2 atom stereocenters. The van der Waals surface area contributed by atoms with Gasteiger partial charge in [-0.25, -0.2) is 0 Å². The molecule has 2 unspecified atom stereocenters. The van der Waals surface area contributed by atoms with Gasteiger partial charge in [-0.15, -0.1) is 0 Å². The van der Waals surface area contributed by atoms with Crippen molar-refractivity contribution in [1.82, 2.24) is 9.80 Å². The fourth-order valence-corrected chi connectivity index (χ4v) is 2.53. The van der Waals surface area contributed by atoms with Crippen LogP contribution in [0.4, 0.5) is 0 Å². The minimum absolute atomic E-state index is 0.0577. The maximum atomic E-state index is 9.60. The van der Waals surface area contributed by atoms with Gasteiger partial charge >= 0.3 is 0 Å². The SMILES string of the molecule is C=C(C)CN1CCN(C2CCC2O)CC1. The van der Waals surface area contributed by atoms with Gasteiger partial charge in [0.2, 0.25) is 0 Å². The molecule has 0 aromatic heterocycles. The zero-order valence-electron chi connectivity index (χ0n) is 9.65. The summed E-state index contributed by atoms with van der Waals surface area (Å²) in [7, 11) is 0. The van der Waals surface area contributed by atoms with Crippen LogP contribution in [0, 0.1) is 0 Å². The Hall–Kier alpha value is -0.380. The van der Waals surface area contributed by atoms with Crippen LogP contribution < -0.4 is 0 Å². The van der Waals surface area contributed by atoms with Crippen LogP contribution in [-0.4, -0.2) is 59.8 Å². The number of hydrogen-bond acceptors (Lipinski definition) is 3. The first-order valence-corrected chi connectivity index (χ1v) is 5.95. The van der Waals surface area contributed by atoms with E-state index in [4.69, 9.17) is 0 Å². The highest BCUT2D eigenvalue weighted by molar-refractivity contribution is 4.95. The van der Waals surface area contributed by atoms with Crippen LogP contribution >= 0.6 is 0 Å². The molecule has 15 heavy (non-hydrogen) atoms. The van der Waals surface area contributed by atoms with Crippen LogP contribution in [-0.2, 0) is 0 Å². The number of nitrogens with zero attached hydrogens (tertiary/aromatic N) is 2. The van der Waals surface area contributed by atoms with E-state index in [1.54, 1.807) is 0 Å². The van der Waals surface area contributed by atoms with Gasteiger partial charge in [0.25, 0.3) is 0 Å². The molecular formula is C12H22N2O. The standard InChI is InChI=1S/C12H22N2O/c1-10(2)9-13-5-7-14(8-6-13)11-3-4-12(11)15/h11-12,15H,1,3-9H2,2H3. The summed E-state index contributed by atoms with van der Waals surface area (Å²) >= 11 is 0. The van der Waals surface area contributed by atoms with E-state index in [0.717, 1.165) is 39.1 Å². The van der Waals surface area contributed by atoms with Crippen molar-refractivity contribution in [2.75, 3.05) is 32.7 Å². The molecule has 3 nitrogen and oxygen atoms in total. The van der Waals surface area contributed by atoms with Crippen molar-refractivity contribution in [2.45, 2.75) is 31.9 Å². The quantitative estimate of drug-likeness (QED) is 0.695. The third-order valence-electron chi connectivity index (χ3n) is 3.57. The summed E-state index contributed by atoms with van der Waals surface area (Å²) in [5.41, 5.74) is 1.24. The summed E-state index contributed by atoms with van der Waals surface area (Å²) in [6.45, 7) is 11.5. The molecule has 3 heteroatoms. The summed E-state index contributed by atoms with van der Waals surface area (Å²) < 4.78 is 0. The van der Waals surface area contributed by atoms with Crippen molar-refractivity contribution >= 4 is 0 Å². The van der Waals surface area contributed by atoms with Crippen LogP contribution in [0.2, 0.25) is 0 Å². The fraction of sp³-hybridized carbons (Fsp3) is 0.833. The van der Waals surface area contributed by atoms with E-state index in [2.05, 4.69) is 23.3 Å². The molecule has 0 amide bonds. The van der Waals surface area contributed by atoms with E-state index >= 15 is 0 Å². The minimum atomic E-state index is -0.0577. The molecule has 2 aliphatic rings. The largest absolute Gasteiger partial charge is 0.391 e. The minimum Gasteiger partial charge on any atom is -0.391 e. The average Bonchev–Trinajstić information content (AvgIpc) is 2.18. The van der Waals surface area contributed by atoms with Crippen molar-refractivity contribution in [3.05, 3.63) is 12.2 Å². The normalized spacial score (nSPS) is 33.7. The molecule has 1 heterocycles. The van der Waals surface area contributed by atoms with Crippen LogP contribution in [0.15, 0.2) is 12.2 Å². The summed E-state index contributed by atoms with van der Waals surface area (Å²) in [6, 6.07) is 0.456. The molecular weight excluding hydrogens is 188 g/mol. The summed E-state index contributed by atoms with van der Waals surface area (Å²) in [5.74, 6) is 0. The molecule has 2 fully saturated rings. The van der Waals surface area contributed by atoms with Gasteiger partial charge in [-0.1, -0.05) is 12.2 Å². The van der Waals surface area contributed by atoms with E-state index in [1.165, 1.54) is 12.0 Å². The monoisotopic (exact) mass is 210 g/mol. The molecule has 0 bridgehead atoms. The Morgan fingerprint density at radius 3 is 2.33 bits per heavy atom. The van der Waals surface area contributed by atoms with Gasteiger partial charge in [0, 0.05) is 38.8 Å². The Labute approximate surface area is 92.4 Å². The van der Waals surface area contributed by atoms with Gasteiger partial charge in [0.15, 0.2) is 0 Å². The second-order valence-corrected chi connectivity index (χ2v) is 4.98. The van der Waals surface area contributed by atoms with Gasteiger partial charge < -0.3 is 5.11 Å². The van der Waals surface area contributed by atoms with Gasteiger partial charge in [0.1, 0.15) is 0 Å². The van der Waals surface area contributed by atoms with Crippen LogP contribution in [0.5, 0.6) is 0 Å². The Balaban J connectivity index is 1.74. The molecule has 1 saturated carbocycles. The molecule has 1 N–H and O–H groups in total. The van der Waals surface area contributed by atoms with Crippen molar-refractivity contribution < 1.29 is 5.11 Å². The van der Waals surface area contributed by atoms with Crippen LogP contribution in [0.25, 0.3) is 0 Å². The smallest absolute Gasteiger partial charge is 0.0696 e. The van der Waals surface area contributed by atoms with E-state index in [0.29, 0.717) is 6.04 Å². The van der Waals surface area contributed by atoms with Gasteiger partial charge in [-0.3, -0.25) is 9.80 Å². The highest BCUT2D eigenvalue weighted by Crippen LogP contribution is 2.26. The number of aliphatic hydroxyl groups excluding tert-OH is 1. The first-order chi connectivity index (χ1) is 7.16. The first kappa shape index (κ1) is 11.1. The van der Waals surface area contributed by atoms with Crippen molar-refractivity contribution in [1.29, 1.82) is 0 Å². The second kappa shape index (κ2) is 4.64. The second-order valence-electron chi connectivity index (χ2n) is 4.98.